The predicted octanol–water partition coefficient (Wildman–Crippen LogP) is 2.65. The van der Waals surface area contributed by atoms with Crippen LogP contribution in [0.2, 0.25) is 0 Å². The van der Waals surface area contributed by atoms with E-state index in [0.717, 1.165) is 38.5 Å². The number of urea groups is 1. The van der Waals surface area contributed by atoms with Crippen LogP contribution in [0.5, 0.6) is 0 Å². The lowest BCUT2D eigenvalue weighted by Gasteiger charge is -2.38. The first-order chi connectivity index (χ1) is 9.04. The average molecular weight is 270 g/mol. The molecule has 1 atom stereocenters. The van der Waals surface area contributed by atoms with E-state index in [2.05, 4.69) is 24.5 Å². The van der Waals surface area contributed by atoms with E-state index in [1.54, 1.807) is 0 Å². The maximum Gasteiger partial charge on any atom is 0.329 e. The fourth-order valence-electron chi connectivity index (χ4n) is 2.45. The van der Waals surface area contributed by atoms with E-state index in [-0.39, 0.29) is 12.1 Å². The minimum atomic E-state index is -1.02. The third-order valence-corrected chi connectivity index (χ3v) is 3.85. The molecule has 0 spiro atoms. The van der Waals surface area contributed by atoms with Crippen LogP contribution in [-0.2, 0) is 4.79 Å². The summed E-state index contributed by atoms with van der Waals surface area (Å²) in [7, 11) is 0. The molecule has 0 aromatic heterocycles. The summed E-state index contributed by atoms with van der Waals surface area (Å²) < 4.78 is 0. The Kier molecular flexibility index (Phi) is 6.12. The summed E-state index contributed by atoms with van der Waals surface area (Å²) in [4.78, 5) is 23.1. The van der Waals surface area contributed by atoms with Crippen LogP contribution in [0.3, 0.4) is 0 Å². The number of carbonyl (C=O) groups is 2. The van der Waals surface area contributed by atoms with Gasteiger partial charge in [0, 0.05) is 6.04 Å². The van der Waals surface area contributed by atoms with Crippen molar-refractivity contribution in [2.75, 3.05) is 0 Å². The van der Waals surface area contributed by atoms with Crippen LogP contribution in [-0.4, -0.2) is 28.7 Å². The molecular weight excluding hydrogens is 244 g/mol. The molecule has 1 fully saturated rings. The zero-order valence-electron chi connectivity index (χ0n) is 12.0. The van der Waals surface area contributed by atoms with Gasteiger partial charge in [0.2, 0.25) is 0 Å². The van der Waals surface area contributed by atoms with E-state index in [1.165, 1.54) is 0 Å². The van der Waals surface area contributed by atoms with E-state index in [9.17, 15) is 9.59 Å². The van der Waals surface area contributed by atoms with Crippen LogP contribution in [0.4, 0.5) is 4.79 Å². The zero-order valence-corrected chi connectivity index (χ0v) is 12.0. The average Bonchev–Trinajstić information content (AvgIpc) is 2.30. The standard InChI is InChI=1S/C14H26N2O3/c1-3-5-8-11(7-4-2)15-13(19)16-14(12(17)18)9-6-10-14/h11H,3-10H2,1-2H3,(H,17,18)(H2,15,16,19). The second-order valence-electron chi connectivity index (χ2n) is 5.47. The van der Waals surface area contributed by atoms with Gasteiger partial charge in [-0.3, -0.25) is 0 Å². The molecule has 19 heavy (non-hydrogen) atoms. The first-order valence-electron chi connectivity index (χ1n) is 7.36. The Morgan fingerprint density at radius 3 is 2.32 bits per heavy atom. The Morgan fingerprint density at radius 1 is 1.21 bits per heavy atom. The van der Waals surface area contributed by atoms with Crippen LogP contribution in [0.15, 0.2) is 0 Å². The topological polar surface area (TPSA) is 78.4 Å². The van der Waals surface area contributed by atoms with Gasteiger partial charge in [0.1, 0.15) is 5.54 Å². The quantitative estimate of drug-likeness (QED) is 0.634. The molecule has 0 aromatic carbocycles. The van der Waals surface area contributed by atoms with Gasteiger partial charge in [-0.25, -0.2) is 9.59 Å². The first-order valence-corrected chi connectivity index (χ1v) is 7.36. The van der Waals surface area contributed by atoms with Crippen molar-refractivity contribution in [1.29, 1.82) is 0 Å². The van der Waals surface area contributed by atoms with Crippen LogP contribution >= 0.6 is 0 Å². The van der Waals surface area contributed by atoms with Crippen molar-refractivity contribution >= 4 is 12.0 Å². The Balaban J connectivity index is 2.45. The fraction of sp³-hybridized carbons (Fsp3) is 0.857. The molecule has 1 rings (SSSR count). The van der Waals surface area contributed by atoms with Crippen molar-refractivity contribution in [2.45, 2.75) is 76.8 Å². The van der Waals surface area contributed by atoms with E-state index in [4.69, 9.17) is 5.11 Å². The number of carbonyl (C=O) groups excluding carboxylic acids is 1. The van der Waals surface area contributed by atoms with Gasteiger partial charge in [-0.05, 0) is 32.1 Å². The van der Waals surface area contributed by atoms with Gasteiger partial charge in [0.15, 0.2) is 0 Å². The molecule has 0 saturated heterocycles. The maximum absolute atomic E-state index is 11.9. The number of carboxylic acid groups (broad SMARTS) is 1. The summed E-state index contributed by atoms with van der Waals surface area (Å²) in [5.74, 6) is -0.922. The first kappa shape index (κ1) is 15.8. The molecule has 3 N–H and O–H groups in total. The molecule has 1 unspecified atom stereocenters. The Morgan fingerprint density at radius 2 is 1.89 bits per heavy atom. The molecule has 1 aliphatic carbocycles. The van der Waals surface area contributed by atoms with Crippen LogP contribution in [0.1, 0.15) is 65.2 Å². The summed E-state index contributed by atoms with van der Waals surface area (Å²) >= 11 is 0. The molecule has 0 heterocycles. The van der Waals surface area contributed by atoms with Crippen molar-refractivity contribution < 1.29 is 14.7 Å². The van der Waals surface area contributed by atoms with Gasteiger partial charge >= 0.3 is 12.0 Å². The molecule has 0 aromatic rings. The SMILES string of the molecule is CCCCC(CCC)NC(=O)NC1(C(=O)O)CCC1. The van der Waals surface area contributed by atoms with Crippen molar-refractivity contribution in [3.05, 3.63) is 0 Å². The summed E-state index contributed by atoms with van der Waals surface area (Å²) in [5, 5.41) is 14.7. The summed E-state index contributed by atoms with van der Waals surface area (Å²) in [5.41, 5.74) is -1.02. The highest BCUT2D eigenvalue weighted by Gasteiger charge is 2.45. The minimum Gasteiger partial charge on any atom is -0.480 e. The summed E-state index contributed by atoms with van der Waals surface area (Å²) in [6, 6.07) is -0.187. The normalized spacial score (nSPS) is 18.2. The van der Waals surface area contributed by atoms with Gasteiger partial charge in [-0.1, -0.05) is 33.1 Å². The number of hydrogen-bond donors (Lipinski definition) is 3. The number of nitrogens with one attached hydrogen (secondary N) is 2. The lowest BCUT2D eigenvalue weighted by Crippen LogP contribution is -2.62. The highest BCUT2D eigenvalue weighted by Crippen LogP contribution is 2.31. The van der Waals surface area contributed by atoms with Gasteiger partial charge < -0.3 is 15.7 Å². The van der Waals surface area contributed by atoms with Gasteiger partial charge in [0.05, 0.1) is 0 Å². The summed E-state index contributed by atoms with van der Waals surface area (Å²) in [6.07, 6.45) is 7.01. The number of hydrogen-bond acceptors (Lipinski definition) is 2. The van der Waals surface area contributed by atoms with Crippen molar-refractivity contribution in [1.82, 2.24) is 10.6 Å². The molecule has 0 aliphatic heterocycles. The highest BCUT2D eigenvalue weighted by atomic mass is 16.4. The monoisotopic (exact) mass is 270 g/mol. The Bertz CT molecular complexity index is 314. The minimum absolute atomic E-state index is 0.149. The molecule has 5 nitrogen and oxygen atoms in total. The lowest BCUT2D eigenvalue weighted by atomic mass is 9.77. The third kappa shape index (κ3) is 4.40. The number of aliphatic carboxylic acids is 1. The number of amides is 2. The van der Waals surface area contributed by atoms with E-state index in [0.29, 0.717) is 12.8 Å². The smallest absolute Gasteiger partial charge is 0.329 e. The number of unbranched alkanes of at least 4 members (excludes halogenated alkanes) is 1. The molecule has 2 amide bonds. The second-order valence-corrected chi connectivity index (χ2v) is 5.47. The molecule has 110 valence electrons. The second kappa shape index (κ2) is 7.36. The van der Waals surface area contributed by atoms with E-state index in [1.807, 2.05) is 0 Å². The van der Waals surface area contributed by atoms with Gasteiger partial charge in [-0.15, -0.1) is 0 Å². The molecular formula is C14H26N2O3. The highest BCUT2D eigenvalue weighted by molar-refractivity contribution is 5.87. The summed E-state index contributed by atoms with van der Waals surface area (Å²) in [6.45, 7) is 4.21. The Hall–Kier alpha value is -1.26. The van der Waals surface area contributed by atoms with Crippen molar-refractivity contribution in [3.63, 3.8) is 0 Å². The predicted molar refractivity (Wildman–Crippen MR) is 74.1 cm³/mol. The largest absolute Gasteiger partial charge is 0.480 e. The number of carboxylic acids is 1. The Labute approximate surface area is 115 Å². The zero-order chi connectivity index (χ0) is 14.3. The fourth-order valence-corrected chi connectivity index (χ4v) is 2.45. The van der Waals surface area contributed by atoms with Crippen molar-refractivity contribution in [2.24, 2.45) is 0 Å². The molecule has 0 radical (unpaired) electrons. The lowest BCUT2D eigenvalue weighted by molar-refractivity contribution is -0.148. The molecule has 5 heteroatoms. The molecule has 1 saturated carbocycles. The van der Waals surface area contributed by atoms with Gasteiger partial charge in [0.25, 0.3) is 0 Å². The van der Waals surface area contributed by atoms with E-state index < -0.39 is 11.5 Å². The van der Waals surface area contributed by atoms with Crippen LogP contribution in [0, 0.1) is 0 Å². The van der Waals surface area contributed by atoms with Crippen molar-refractivity contribution in [3.8, 4) is 0 Å². The maximum atomic E-state index is 11.9. The van der Waals surface area contributed by atoms with Gasteiger partial charge in [-0.2, -0.15) is 0 Å². The van der Waals surface area contributed by atoms with Crippen LogP contribution < -0.4 is 10.6 Å². The van der Waals surface area contributed by atoms with Crippen LogP contribution in [0.25, 0.3) is 0 Å². The number of rotatable bonds is 8. The third-order valence-electron chi connectivity index (χ3n) is 3.85. The molecule has 0 bridgehead atoms. The molecule has 1 aliphatic rings. The van der Waals surface area contributed by atoms with E-state index >= 15 is 0 Å².